The number of hydrogen-bond donors (Lipinski definition) is 2. The van der Waals surface area contributed by atoms with Gasteiger partial charge in [-0.1, -0.05) is 13.3 Å². The van der Waals surface area contributed by atoms with Crippen LogP contribution in [0.2, 0.25) is 0 Å². The maximum atomic E-state index is 10.9. The van der Waals surface area contributed by atoms with Crippen molar-refractivity contribution in [1.29, 1.82) is 0 Å². The van der Waals surface area contributed by atoms with Crippen LogP contribution in [-0.2, 0) is 6.54 Å². The third-order valence-corrected chi connectivity index (χ3v) is 3.30. The molecule has 0 radical (unpaired) electrons. The third kappa shape index (κ3) is 5.69. The van der Waals surface area contributed by atoms with Gasteiger partial charge in [0.2, 0.25) is 0 Å². The summed E-state index contributed by atoms with van der Waals surface area (Å²) in [4.78, 5) is 12.7. The molecular formula is C15H25N3O3. The predicted molar refractivity (Wildman–Crippen MR) is 84.5 cm³/mol. The highest BCUT2D eigenvalue weighted by atomic mass is 16.6. The molecule has 0 aromatic heterocycles. The molecule has 2 N–H and O–H groups in total. The Kier molecular flexibility index (Phi) is 7.71. The number of aliphatic hydroxyl groups is 1. The molecule has 0 saturated heterocycles. The molecule has 0 aliphatic rings. The van der Waals surface area contributed by atoms with E-state index >= 15 is 0 Å². The summed E-state index contributed by atoms with van der Waals surface area (Å²) in [7, 11) is 0. The minimum atomic E-state index is -0.373. The highest BCUT2D eigenvalue weighted by Gasteiger charge is 2.13. The normalized spacial score (nSPS) is 10.9. The van der Waals surface area contributed by atoms with Crippen LogP contribution in [0.1, 0.15) is 32.3 Å². The summed E-state index contributed by atoms with van der Waals surface area (Å²) in [5.41, 5.74) is 1.92. The molecule has 118 valence electrons. The topological polar surface area (TPSA) is 78.6 Å². The quantitative estimate of drug-likeness (QED) is 0.512. The summed E-state index contributed by atoms with van der Waals surface area (Å²) in [5, 5.41) is 23.3. The lowest BCUT2D eigenvalue weighted by Gasteiger charge is -2.22. The Balaban J connectivity index is 2.94. The summed E-state index contributed by atoms with van der Waals surface area (Å²) < 4.78 is 0. The molecule has 1 aromatic rings. The zero-order valence-electron chi connectivity index (χ0n) is 12.8. The SMILES string of the molecule is CCCCN(CCO)Cc1cc([N+](=O)[O-])ccc1NCC. The summed E-state index contributed by atoms with van der Waals surface area (Å²) in [5.74, 6) is 0. The Morgan fingerprint density at radius 3 is 2.67 bits per heavy atom. The molecule has 0 aliphatic heterocycles. The summed E-state index contributed by atoms with van der Waals surface area (Å²) in [6, 6.07) is 4.89. The Hall–Kier alpha value is -1.66. The second-order valence-corrected chi connectivity index (χ2v) is 4.98. The number of hydrogen-bond acceptors (Lipinski definition) is 5. The first-order chi connectivity index (χ1) is 10.1. The molecule has 6 heteroatoms. The van der Waals surface area contributed by atoms with Crippen LogP contribution in [0.5, 0.6) is 0 Å². The van der Waals surface area contributed by atoms with Crippen molar-refractivity contribution in [3.05, 3.63) is 33.9 Å². The van der Waals surface area contributed by atoms with Gasteiger partial charge in [0.15, 0.2) is 0 Å². The molecule has 0 unspecified atom stereocenters. The van der Waals surface area contributed by atoms with E-state index in [2.05, 4.69) is 17.1 Å². The Morgan fingerprint density at radius 1 is 1.33 bits per heavy atom. The Labute approximate surface area is 125 Å². The van der Waals surface area contributed by atoms with Crippen LogP contribution in [0.25, 0.3) is 0 Å². The first-order valence-corrected chi connectivity index (χ1v) is 7.46. The molecule has 1 aromatic carbocycles. The minimum Gasteiger partial charge on any atom is -0.395 e. The molecule has 21 heavy (non-hydrogen) atoms. The fourth-order valence-corrected chi connectivity index (χ4v) is 2.22. The Bertz CT molecular complexity index is 452. The largest absolute Gasteiger partial charge is 0.395 e. The fraction of sp³-hybridized carbons (Fsp3) is 0.600. The highest BCUT2D eigenvalue weighted by molar-refractivity contribution is 5.56. The van der Waals surface area contributed by atoms with Gasteiger partial charge in [-0.05, 0) is 31.5 Å². The zero-order valence-corrected chi connectivity index (χ0v) is 12.8. The third-order valence-electron chi connectivity index (χ3n) is 3.30. The number of nitro benzene ring substituents is 1. The molecule has 0 saturated carbocycles. The number of nitrogens with zero attached hydrogens (tertiary/aromatic N) is 2. The van der Waals surface area contributed by atoms with Gasteiger partial charge in [-0.25, -0.2) is 0 Å². The van der Waals surface area contributed by atoms with E-state index in [0.29, 0.717) is 13.1 Å². The second-order valence-electron chi connectivity index (χ2n) is 4.98. The van der Waals surface area contributed by atoms with Gasteiger partial charge < -0.3 is 10.4 Å². The number of nitro groups is 1. The van der Waals surface area contributed by atoms with Crippen LogP contribution in [0, 0.1) is 10.1 Å². The van der Waals surface area contributed by atoms with E-state index in [1.165, 1.54) is 6.07 Å². The van der Waals surface area contributed by atoms with E-state index in [-0.39, 0.29) is 17.2 Å². The van der Waals surface area contributed by atoms with E-state index in [9.17, 15) is 10.1 Å². The molecule has 0 bridgehead atoms. The number of unbranched alkanes of at least 4 members (excludes halogenated alkanes) is 1. The minimum absolute atomic E-state index is 0.0924. The Morgan fingerprint density at radius 2 is 2.10 bits per heavy atom. The van der Waals surface area contributed by atoms with Crippen LogP contribution in [0.3, 0.4) is 0 Å². The van der Waals surface area contributed by atoms with Crippen molar-refractivity contribution in [2.45, 2.75) is 33.2 Å². The van der Waals surface area contributed by atoms with Gasteiger partial charge in [-0.15, -0.1) is 0 Å². The standard InChI is InChI=1S/C15H25N3O3/c1-3-5-8-17(9-10-19)12-13-11-14(18(20)21)6-7-15(13)16-4-2/h6-7,11,16,19H,3-5,8-10,12H2,1-2H3. The smallest absolute Gasteiger partial charge is 0.269 e. The van der Waals surface area contributed by atoms with Crippen LogP contribution in [-0.4, -0.2) is 41.2 Å². The van der Waals surface area contributed by atoms with Crippen molar-refractivity contribution < 1.29 is 10.0 Å². The lowest BCUT2D eigenvalue weighted by molar-refractivity contribution is -0.384. The molecule has 0 fully saturated rings. The molecule has 0 heterocycles. The van der Waals surface area contributed by atoms with Crippen molar-refractivity contribution in [3.63, 3.8) is 0 Å². The zero-order chi connectivity index (χ0) is 15.7. The molecule has 0 atom stereocenters. The fourth-order valence-electron chi connectivity index (χ4n) is 2.22. The molecule has 6 nitrogen and oxygen atoms in total. The maximum absolute atomic E-state index is 10.9. The molecular weight excluding hydrogens is 270 g/mol. The summed E-state index contributed by atoms with van der Waals surface area (Å²) in [6.45, 7) is 7.03. The van der Waals surface area contributed by atoms with Gasteiger partial charge in [0.05, 0.1) is 11.5 Å². The molecule has 0 amide bonds. The number of non-ortho nitro benzene ring substituents is 1. The van der Waals surface area contributed by atoms with Gasteiger partial charge in [0.25, 0.3) is 5.69 Å². The lowest BCUT2D eigenvalue weighted by Crippen LogP contribution is -2.28. The summed E-state index contributed by atoms with van der Waals surface area (Å²) in [6.07, 6.45) is 2.13. The van der Waals surface area contributed by atoms with Crippen molar-refractivity contribution in [2.24, 2.45) is 0 Å². The number of aliphatic hydroxyl groups excluding tert-OH is 1. The van der Waals surface area contributed by atoms with Gasteiger partial charge in [-0.3, -0.25) is 15.0 Å². The van der Waals surface area contributed by atoms with Crippen molar-refractivity contribution >= 4 is 11.4 Å². The molecule has 0 spiro atoms. The number of benzene rings is 1. The summed E-state index contributed by atoms with van der Waals surface area (Å²) >= 11 is 0. The van der Waals surface area contributed by atoms with E-state index in [1.54, 1.807) is 12.1 Å². The molecule has 1 rings (SSSR count). The number of rotatable bonds is 10. The van der Waals surface area contributed by atoms with Gasteiger partial charge in [0.1, 0.15) is 0 Å². The number of nitrogens with one attached hydrogen (secondary N) is 1. The van der Waals surface area contributed by atoms with E-state index in [1.807, 2.05) is 6.92 Å². The average molecular weight is 295 g/mol. The van der Waals surface area contributed by atoms with Crippen molar-refractivity contribution in [2.75, 3.05) is 31.6 Å². The first kappa shape index (κ1) is 17.4. The lowest BCUT2D eigenvalue weighted by atomic mass is 10.1. The van der Waals surface area contributed by atoms with Crippen LogP contribution < -0.4 is 5.32 Å². The highest BCUT2D eigenvalue weighted by Crippen LogP contribution is 2.23. The second kappa shape index (κ2) is 9.31. The van der Waals surface area contributed by atoms with Crippen LogP contribution in [0.4, 0.5) is 11.4 Å². The maximum Gasteiger partial charge on any atom is 0.269 e. The van der Waals surface area contributed by atoms with Crippen LogP contribution in [0.15, 0.2) is 18.2 Å². The van der Waals surface area contributed by atoms with E-state index in [4.69, 9.17) is 5.11 Å². The molecule has 0 aliphatic carbocycles. The monoisotopic (exact) mass is 295 g/mol. The first-order valence-electron chi connectivity index (χ1n) is 7.46. The van der Waals surface area contributed by atoms with Crippen LogP contribution >= 0.6 is 0 Å². The van der Waals surface area contributed by atoms with Gasteiger partial charge >= 0.3 is 0 Å². The average Bonchev–Trinajstić information content (AvgIpc) is 2.46. The van der Waals surface area contributed by atoms with E-state index < -0.39 is 0 Å². The van der Waals surface area contributed by atoms with E-state index in [0.717, 1.165) is 37.2 Å². The van der Waals surface area contributed by atoms with Crippen molar-refractivity contribution in [3.8, 4) is 0 Å². The van der Waals surface area contributed by atoms with Gasteiger partial charge in [0, 0.05) is 37.5 Å². The van der Waals surface area contributed by atoms with Gasteiger partial charge in [-0.2, -0.15) is 0 Å². The van der Waals surface area contributed by atoms with Crippen molar-refractivity contribution in [1.82, 2.24) is 4.90 Å². The predicted octanol–water partition coefficient (Wildman–Crippen LogP) is 2.62. The number of anilines is 1.